The fourth-order valence-electron chi connectivity index (χ4n) is 1.09. The number of hydrogen-bond acceptors (Lipinski definition) is 3. The molecule has 78 valence electrons. The maximum atomic E-state index is 11.3. The summed E-state index contributed by atoms with van der Waals surface area (Å²) in [4.78, 5) is 15.4. The monoisotopic (exact) mass is 212 g/mol. The normalized spacial score (nSPS) is 10.1. The van der Waals surface area contributed by atoms with Crippen molar-refractivity contribution in [2.75, 3.05) is 6.54 Å². The lowest BCUT2D eigenvalue weighted by atomic mass is 10.3. The van der Waals surface area contributed by atoms with E-state index in [1.54, 1.807) is 17.5 Å². The Morgan fingerprint density at radius 1 is 1.64 bits per heavy atom. The van der Waals surface area contributed by atoms with Crippen LogP contribution in [0.3, 0.4) is 0 Å². The smallest absolute Gasteiger partial charge is 0.220 e. The van der Waals surface area contributed by atoms with E-state index in [0.29, 0.717) is 6.42 Å². The number of carbonyl (C=O) groups is 1. The SMILES string of the molecule is CCCCNC(=O)CCc1nccs1. The van der Waals surface area contributed by atoms with Crippen molar-refractivity contribution < 1.29 is 4.79 Å². The molecule has 3 nitrogen and oxygen atoms in total. The van der Waals surface area contributed by atoms with Crippen LogP contribution in [0, 0.1) is 0 Å². The second kappa shape index (κ2) is 6.54. The van der Waals surface area contributed by atoms with E-state index < -0.39 is 0 Å². The predicted molar refractivity (Wildman–Crippen MR) is 58.4 cm³/mol. The molecule has 1 rings (SSSR count). The third kappa shape index (κ3) is 4.37. The van der Waals surface area contributed by atoms with Crippen LogP contribution in [0.1, 0.15) is 31.2 Å². The largest absolute Gasteiger partial charge is 0.356 e. The Balaban J connectivity index is 2.09. The van der Waals surface area contributed by atoms with E-state index in [9.17, 15) is 4.79 Å². The van der Waals surface area contributed by atoms with E-state index in [1.807, 2.05) is 5.38 Å². The number of amides is 1. The summed E-state index contributed by atoms with van der Waals surface area (Å²) in [6.07, 6.45) is 5.26. The maximum Gasteiger partial charge on any atom is 0.220 e. The summed E-state index contributed by atoms with van der Waals surface area (Å²) < 4.78 is 0. The number of nitrogens with zero attached hydrogens (tertiary/aromatic N) is 1. The first-order valence-electron chi connectivity index (χ1n) is 4.98. The van der Waals surface area contributed by atoms with Crippen molar-refractivity contribution >= 4 is 17.2 Å². The van der Waals surface area contributed by atoms with Gasteiger partial charge in [0.2, 0.25) is 5.91 Å². The molecule has 4 heteroatoms. The molecule has 0 saturated heterocycles. The summed E-state index contributed by atoms with van der Waals surface area (Å²) in [7, 11) is 0. The van der Waals surface area contributed by atoms with Gasteiger partial charge < -0.3 is 5.32 Å². The lowest BCUT2D eigenvalue weighted by Crippen LogP contribution is -2.24. The van der Waals surface area contributed by atoms with Gasteiger partial charge in [-0.3, -0.25) is 4.79 Å². The quantitative estimate of drug-likeness (QED) is 0.733. The van der Waals surface area contributed by atoms with E-state index in [4.69, 9.17) is 0 Å². The van der Waals surface area contributed by atoms with Crippen LogP contribution < -0.4 is 5.32 Å². The van der Waals surface area contributed by atoms with Gasteiger partial charge in [-0.05, 0) is 6.42 Å². The van der Waals surface area contributed by atoms with Crippen LogP contribution in [-0.4, -0.2) is 17.4 Å². The summed E-state index contributed by atoms with van der Waals surface area (Å²) in [5.41, 5.74) is 0. The second-order valence-corrected chi connectivity index (χ2v) is 4.11. The first-order valence-corrected chi connectivity index (χ1v) is 5.86. The number of aryl methyl sites for hydroxylation is 1. The fourth-order valence-corrected chi connectivity index (χ4v) is 1.71. The topological polar surface area (TPSA) is 42.0 Å². The zero-order chi connectivity index (χ0) is 10.2. The van der Waals surface area contributed by atoms with Gasteiger partial charge in [0.1, 0.15) is 0 Å². The van der Waals surface area contributed by atoms with Crippen LogP contribution in [0.15, 0.2) is 11.6 Å². The number of carbonyl (C=O) groups excluding carboxylic acids is 1. The third-order valence-electron chi connectivity index (χ3n) is 1.90. The molecule has 1 N–H and O–H groups in total. The molecule has 0 aliphatic heterocycles. The van der Waals surface area contributed by atoms with Crippen LogP contribution in [0.25, 0.3) is 0 Å². The summed E-state index contributed by atoms with van der Waals surface area (Å²) in [6.45, 7) is 2.91. The van der Waals surface area contributed by atoms with E-state index in [-0.39, 0.29) is 5.91 Å². The highest BCUT2D eigenvalue weighted by Gasteiger charge is 2.02. The minimum atomic E-state index is 0.133. The van der Waals surface area contributed by atoms with Crippen molar-refractivity contribution in [3.05, 3.63) is 16.6 Å². The van der Waals surface area contributed by atoms with Crippen LogP contribution in [0.4, 0.5) is 0 Å². The molecule has 1 aromatic heterocycles. The average Bonchev–Trinajstić information content (AvgIpc) is 2.68. The summed E-state index contributed by atoms with van der Waals surface area (Å²) in [6, 6.07) is 0. The molecule has 0 radical (unpaired) electrons. The number of aromatic nitrogens is 1. The first kappa shape index (κ1) is 11.2. The predicted octanol–water partition coefficient (Wildman–Crippen LogP) is 1.99. The van der Waals surface area contributed by atoms with E-state index >= 15 is 0 Å². The van der Waals surface area contributed by atoms with Gasteiger partial charge in [0.25, 0.3) is 0 Å². The van der Waals surface area contributed by atoms with Crippen molar-refractivity contribution in [2.24, 2.45) is 0 Å². The van der Waals surface area contributed by atoms with Crippen molar-refractivity contribution in [1.82, 2.24) is 10.3 Å². The summed E-state index contributed by atoms with van der Waals surface area (Å²) in [5.74, 6) is 0.133. The molecule has 1 amide bonds. The van der Waals surface area contributed by atoms with Gasteiger partial charge in [-0.15, -0.1) is 11.3 Å². The van der Waals surface area contributed by atoms with Gasteiger partial charge in [-0.2, -0.15) is 0 Å². The molecule has 14 heavy (non-hydrogen) atoms. The Kier molecular flexibility index (Phi) is 5.22. The Morgan fingerprint density at radius 2 is 2.50 bits per heavy atom. The molecule has 0 aliphatic rings. The molecule has 0 spiro atoms. The van der Waals surface area contributed by atoms with Crippen LogP contribution >= 0.6 is 11.3 Å². The number of thiazole rings is 1. The van der Waals surface area contributed by atoms with Crippen LogP contribution in [0.2, 0.25) is 0 Å². The standard InChI is InChI=1S/C10H16N2OS/c1-2-3-6-11-9(13)4-5-10-12-7-8-14-10/h7-8H,2-6H2,1H3,(H,11,13). The molecule has 0 aliphatic carbocycles. The van der Waals surface area contributed by atoms with Crippen molar-refractivity contribution in [2.45, 2.75) is 32.6 Å². The summed E-state index contributed by atoms with van der Waals surface area (Å²) >= 11 is 1.60. The molecule has 0 unspecified atom stereocenters. The van der Waals surface area contributed by atoms with Gasteiger partial charge in [-0.1, -0.05) is 13.3 Å². The zero-order valence-electron chi connectivity index (χ0n) is 8.45. The van der Waals surface area contributed by atoms with Crippen molar-refractivity contribution in [3.63, 3.8) is 0 Å². The molecular weight excluding hydrogens is 196 g/mol. The molecule has 0 atom stereocenters. The average molecular weight is 212 g/mol. The molecule has 0 saturated carbocycles. The minimum absolute atomic E-state index is 0.133. The van der Waals surface area contributed by atoms with Crippen LogP contribution in [0.5, 0.6) is 0 Å². The Morgan fingerprint density at radius 3 is 3.14 bits per heavy atom. The number of unbranched alkanes of at least 4 members (excludes halogenated alkanes) is 1. The van der Waals surface area contributed by atoms with E-state index in [0.717, 1.165) is 30.8 Å². The lowest BCUT2D eigenvalue weighted by molar-refractivity contribution is -0.121. The Hall–Kier alpha value is -0.900. The first-order chi connectivity index (χ1) is 6.83. The number of rotatable bonds is 6. The van der Waals surface area contributed by atoms with Gasteiger partial charge in [0, 0.05) is 31.0 Å². The highest BCUT2D eigenvalue weighted by atomic mass is 32.1. The molecule has 1 aromatic rings. The molecular formula is C10H16N2OS. The lowest BCUT2D eigenvalue weighted by Gasteiger charge is -2.02. The molecule has 1 heterocycles. The zero-order valence-corrected chi connectivity index (χ0v) is 9.27. The Bertz CT molecular complexity index is 259. The molecule has 0 aromatic carbocycles. The number of nitrogens with one attached hydrogen (secondary N) is 1. The van der Waals surface area contributed by atoms with Gasteiger partial charge in [0.05, 0.1) is 5.01 Å². The third-order valence-corrected chi connectivity index (χ3v) is 2.74. The second-order valence-electron chi connectivity index (χ2n) is 3.13. The highest BCUT2D eigenvalue weighted by molar-refractivity contribution is 7.09. The van der Waals surface area contributed by atoms with Crippen molar-refractivity contribution in [3.8, 4) is 0 Å². The molecule has 0 fully saturated rings. The summed E-state index contributed by atoms with van der Waals surface area (Å²) in [5, 5.41) is 5.86. The van der Waals surface area contributed by atoms with Gasteiger partial charge in [0.15, 0.2) is 0 Å². The maximum absolute atomic E-state index is 11.3. The molecule has 0 bridgehead atoms. The van der Waals surface area contributed by atoms with Gasteiger partial charge in [-0.25, -0.2) is 4.98 Å². The Labute approximate surface area is 88.6 Å². The van der Waals surface area contributed by atoms with Crippen molar-refractivity contribution in [1.29, 1.82) is 0 Å². The number of hydrogen-bond donors (Lipinski definition) is 1. The van der Waals surface area contributed by atoms with Crippen LogP contribution in [-0.2, 0) is 11.2 Å². The highest BCUT2D eigenvalue weighted by Crippen LogP contribution is 2.06. The minimum Gasteiger partial charge on any atom is -0.356 e. The fraction of sp³-hybridized carbons (Fsp3) is 0.600. The van der Waals surface area contributed by atoms with E-state index in [2.05, 4.69) is 17.2 Å². The van der Waals surface area contributed by atoms with E-state index in [1.165, 1.54) is 0 Å². The van der Waals surface area contributed by atoms with Gasteiger partial charge >= 0.3 is 0 Å².